The largest absolute Gasteiger partial charge is 0.479 e. The maximum atomic E-state index is 11.6. The van der Waals surface area contributed by atoms with Crippen molar-refractivity contribution >= 4 is 5.97 Å². The van der Waals surface area contributed by atoms with Crippen LogP contribution in [-0.4, -0.2) is 122 Å². The highest BCUT2D eigenvalue weighted by atomic mass is 16.7. The van der Waals surface area contributed by atoms with Crippen molar-refractivity contribution in [3.05, 3.63) is 36.0 Å². The minimum Gasteiger partial charge on any atom is -0.479 e. The van der Waals surface area contributed by atoms with Gasteiger partial charge in [-0.2, -0.15) is 0 Å². The van der Waals surface area contributed by atoms with Crippen LogP contribution in [0.4, 0.5) is 0 Å². The molecule has 0 aliphatic carbocycles. The lowest BCUT2D eigenvalue weighted by molar-refractivity contribution is -0.334. The van der Waals surface area contributed by atoms with E-state index in [2.05, 4.69) is 33.4 Å². The van der Waals surface area contributed by atoms with E-state index in [1.165, 1.54) is 6.92 Å². The molecule has 7 heterocycles. The Morgan fingerprint density at radius 3 is 2.52 bits per heavy atom. The van der Waals surface area contributed by atoms with Crippen LogP contribution in [0.1, 0.15) is 125 Å². The standard InChI is InChI=1S/C45H70O13/c1-25-21-35(56-45(23-25)36(47)13-12-32(55-45)24-42(7,51)41(49)50)26(2)10-11-31-15-17-43(54-31)18-16-34-40(57-43)37(48)30(6)39(53-34)33(46)22-28(4)38-27(3)14-19-44(58-38)29(5)9-8-20-52-44/h10-11,23,26-29,31-40,46-48,51H,6,8-9,12-22,24H2,1-5,7H3,(H,49,50)/b11-10+/t26-,27-,28+,29-,31+,32+,33+,34-,35-,36-,37-,38+,39+,40-,42-,43-,44-,45?/m1/s1. The molecule has 0 aromatic carbocycles. The van der Waals surface area contributed by atoms with Gasteiger partial charge in [-0.1, -0.05) is 52.0 Å². The number of carboxylic acids is 1. The second-order valence-electron chi connectivity index (χ2n) is 19.4. The summed E-state index contributed by atoms with van der Waals surface area (Å²) in [6, 6.07) is 0. The number of carboxylic acid groups (broad SMARTS) is 1. The zero-order valence-electron chi connectivity index (χ0n) is 35.4. The molecule has 6 saturated heterocycles. The fraction of sp³-hybridized carbons (Fsp3) is 0.844. The van der Waals surface area contributed by atoms with E-state index in [0.29, 0.717) is 62.4 Å². The van der Waals surface area contributed by atoms with E-state index >= 15 is 0 Å². The molecular weight excluding hydrogens is 748 g/mol. The van der Waals surface area contributed by atoms with E-state index in [1.54, 1.807) is 6.08 Å². The summed E-state index contributed by atoms with van der Waals surface area (Å²) in [6.07, 6.45) is 8.36. The molecule has 13 heteroatoms. The molecule has 5 N–H and O–H groups in total. The predicted octanol–water partition coefficient (Wildman–Crippen LogP) is 5.46. The molecule has 0 aromatic rings. The number of aliphatic carboxylic acids is 1. The number of hydrogen-bond donors (Lipinski definition) is 5. The molecule has 0 bridgehead atoms. The maximum Gasteiger partial charge on any atom is 0.335 e. The zero-order valence-corrected chi connectivity index (χ0v) is 35.4. The van der Waals surface area contributed by atoms with Crippen LogP contribution in [-0.2, 0) is 38.0 Å². The second kappa shape index (κ2) is 17.2. The summed E-state index contributed by atoms with van der Waals surface area (Å²) in [5.74, 6) is -3.56. The highest BCUT2D eigenvalue weighted by Crippen LogP contribution is 2.48. The first-order valence-electron chi connectivity index (χ1n) is 22.1. The Morgan fingerprint density at radius 2 is 1.78 bits per heavy atom. The van der Waals surface area contributed by atoms with Crippen molar-refractivity contribution in [2.24, 2.45) is 23.7 Å². The van der Waals surface area contributed by atoms with Crippen molar-refractivity contribution in [1.29, 1.82) is 0 Å². The van der Waals surface area contributed by atoms with Crippen LogP contribution in [0.2, 0.25) is 0 Å². The fourth-order valence-electron chi connectivity index (χ4n) is 10.9. The van der Waals surface area contributed by atoms with Crippen LogP contribution in [0.15, 0.2) is 36.0 Å². The first-order chi connectivity index (χ1) is 27.3. The summed E-state index contributed by atoms with van der Waals surface area (Å²) in [5, 5.41) is 54.1. The van der Waals surface area contributed by atoms with Crippen LogP contribution < -0.4 is 0 Å². The van der Waals surface area contributed by atoms with E-state index in [-0.39, 0.29) is 36.6 Å². The summed E-state index contributed by atoms with van der Waals surface area (Å²) in [7, 11) is 0. The summed E-state index contributed by atoms with van der Waals surface area (Å²) in [6.45, 7) is 16.7. The number of fused-ring (bicyclic) bond motifs is 1. The molecule has 7 rings (SSSR count). The molecular formula is C45H70O13. The molecule has 328 valence electrons. The third-order valence-corrected chi connectivity index (χ3v) is 14.5. The van der Waals surface area contributed by atoms with Crippen molar-refractivity contribution in [2.45, 2.75) is 209 Å². The molecule has 1 unspecified atom stereocenters. The Labute approximate surface area is 344 Å². The van der Waals surface area contributed by atoms with Crippen LogP contribution in [0.5, 0.6) is 0 Å². The van der Waals surface area contributed by atoms with Gasteiger partial charge in [-0.15, -0.1) is 0 Å². The van der Waals surface area contributed by atoms with Gasteiger partial charge < -0.3 is 58.7 Å². The fourth-order valence-corrected chi connectivity index (χ4v) is 10.9. The number of rotatable bonds is 10. The lowest BCUT2D eigenvalue weighted by Crippen LogP contribution is -2.60. The second-order valence-corrected chi connectivity index (χ2v) is 19.4. The summed E-state index contributed by atoms with van der Waals surface area (Å²) < 4.78 is 45.5. The first-order valence-corrected chi connectivity index (χ1v) is 22.1. The molecule has 3 spiro atoms. The average Bonchev–Trinajstić information content (AvgIpc) is 3.57. The summed E-state index contributed by atoms with van der Waals surface area (Å²) in [5.41, 5.74) is -0.554. The monoisotopic (exact) mass is 818 g/mol. The number of ether oxygens (including phenoxy) is 7. The van der Waals surface area contributed by atoms with E-state index in [4.69, 9.17) is 33.2 Å². The van der Waals surface area contributed by atoms with Gasteiger partial charge in [0.1, 0.15) is 24.4 Å². The summed E-state index contributed by atoms with van der Waals surface area (Å²) >= 11 is 0. The molecule has 7 aliphatic rings. The quantitative estimate of drug-likeness (QED) is 0.176. The third-order valence-electron chi connectivity index (χ3n) is 14.5. The average molecular weight is 819 g/mol. The number of aliphatic hydroxyl groups is 4. The maximum absolute atomic E-state index is 11.6. The Morgan fingerprint density at radius 1 is 1.02 bits per heavy atom. The first kappa shape index (κ1) is 44.3. The summed E-state index contributed by atoms with van der Waals surface area (Å²) in [4.78, 5) is 11.6. The topological polar surface area (TPSA) is 183 Å². The van der Waals surface area contributed by atoms with Crippen molar-refractivity contribution in [1.82, 2.24) is 0 Å². The van der Waals surface area contributed by atoms with Gasteiger partial charge >= 0.3 is 5.97 Å². The third kappa shape index (κ3) is 8.93. The van der Waals surface area contributed by atoms with Crippen LogP contribution in [0, 0.1) is 23.7 Å². The predicted molar refractivity (Wildman–Crippen MR) is 212 cm³/mol. The van der Waals surface area contributed by atoms with Gasteiger partial charge in [-0.25, -0.2) is 4.79 Å². The van der Waals surface area contributed by atoms with Crippen LogP contribution >= 0.6 is 0 Å². The number of hydrogen-bond acceptors (Lipinski definition) is 12. The van der Waals surface area contributed by atoms with Gasteiger partial charge in [-0.05, 0) is 95.1 Å². The van der Waals surface area contributed by atoms with Gasteiger partial charge in [0.25, 0.3) is 0 Å². The Hall–Kier alpha value is -1.75. The van der Waals surface area contributed by atoms with Crippen molar-refractivity contribution < 1.29 is 63.5 Å². The van der Waals surface area contributed by atoms with Crippen LogP contribution in [0.25, 0.3) is 0 Å². The van der Waals surface area contributed by atoms with E-state index in [1.807, 2.05) is 19.9 Å². The van der Waals surface area contributed by atoms with Crippen molar-refractivity contribution in [3.8, 4) is 0 Å². The van der Waals surface area contributed by atoms with Gasteiger partial charge in [0, 0.05) is 37.5 Å². The van der Waals surface area contributed by atoms with E-state index < -0.39 is 71.7 Å². The Balaban J connectivity index is 0.922. The highest BCUT2D eigenvalue weighted by Gasteiger charge is 2.55. The SMILES string of the molecule is C=C1[C@@H](O)[C@@H]2O[C@]3(CC[C@H](/C=C/[C@@H](C)[C@H]4CC(C)=CC5(O[C@H](C[C@@](C)(O)C(=O)O)CC[C@H]5O)O4)O3)CC[C@H]2O[C@@H]1[C@@H](O)C[C@H](C)[C@H]1O[C@@]2(CC[C@H]1C)OCCC[C@H]2C. The number of carbonyl (C=O) groups is 1. The molecule has 58 heavy (non-hydrogen) atoms. The number of aliphatic hydroxyl groups excluding tert-OH is 3. The normalized spacial score (nSPS) is 46.1. The zero-order chi connectivity index (χ0) is 41.8. The minimum absolute atomic E-state index is 0.0385. The molecule has 13 nitrogen and oxygen atoms in total. The van der Waals surface area contributed by atoms with Crippen molar-refractivity contribution in [2.75, 3.05) is 6.61 Å². The molecule has 6 fully saturated rings. The van der Waals surface area contributed by atoms with E-state index in [0.717, 1.165) is 44.3 Å². The van der Waals surface area contributed by atoms with Gasteiger partial charge in [0.15, 0.2) is 17.2 Å². The van der Waals surface area contributed by atoms with Crippen molar-refractivity contribution in [3.63, 3.8) is 0 Å². The molecule has 0 saturated carbocycles. The lowest BCUT2D eigenvalue weighted by atomic mass is 9.78. The molecule has 0 radical (unpaired) electrons. The van der Waals surface area contributed by atoms with E-state index in [9.17, 15) is 30.3 Å². The molecule has 7 aliphatic heterocycles. The van der Waals surface area contributed by atoms with Gasteiger partial charge in [0.05, 0.1) is 43.2 Å². The Bertz CT molecular complexity index is 1550. The highest BCUT2D eigenvalue weighted by molar-refractivity contribution is 5.76. The molecule has 0 amide bonds. The van der Waals surface area contributed by atoms with Gasteiger partial charge in [-0.3, -0.25) is 0 Å². The van der Waals surface area contributed by atoms with Crippen LogP contribution in [0.3, 0.4) is 0 Å². The Kier molecular flexibility index (Phi) is 13.1. The molecule has 18 atom stereocenters. The molecule has 0 aromatic heterocycles. The van der Waals surface area contributed by atoms with Gasteiger partial charge in [0.2, 0.25) is 5.79 Å². The minimum atomic E-state index is -1.96. The lowest BCUT2D eigenvalue weighted by Gasteiger charge is -2.51. The smallest absolute Gasteiger partial charge is 0.335 e.